The van der Waals surface area contributed by atoms with Crippen LogP contribution in [0.4, 0.5) is 0 Å². The molecule has 2 aromatic heterocycles. The normalized spacial score (nSPS) is 15.4. The van der Waals surface area contributed by atoms with Gasteiger partial charge in [0.1, 0.15) is 0 Å². The molecule has 3 aromatic rings. The Balaban J connectivity index is 1.31. The number of ether oxygens (including phenoxy) is 2. The zero-order valence-corrected chi connectivity index (χ0v) is 14.4. The maximum Gasteiger partial charge on any atom is 0.251 e. The standard InChI is InChI=1S/C17H14N4O4S/c22-14-6-11(9-1-2-9)18-17(19-14)26-7-15-20-16(21-25-15)10-3-4-12-13(5-10)24-8-23-12/h3-6,9H,1-2,7-8H2,(H,18,19,22). The number of aromatic nitrogens is 4. The second-order valence-electron chi connectivity index (χ2n) is 6.12. The maximum atomic E-state index is 11.8. The molecule has 1 N–H and O–H groups in total. The summed E-state index contributed by atoms with van der Waals surface area (Å²) in [4.78, 5) is 23.4. The van der Waals surface area contributed by atoms with Crippen LogP contribution >= 0.6 is 11.8 Å². The van der Waals surface area contributed by atoms with Crippen LogP contribution in [0.1, 0.15) is 30.3 Å². The van der Waals surface area contributed by atoms with E-state index in [1.807, 2.05) is 18.2 Å². The van der Waals surface area contributed by atoms with Crippen LogP contribution in [0.5, 0.6) is 11.5 Å². The highest BCUT2D eigenvalue weighted by Crippen LogP contribution is 2.39. The van der Waals surface area contributed by atoms with E-state index in [0.29, 0.717) is 40.0 Å². The summed E-state index contributed by atoms with van der Waals surface area (Å²) in [5, 5.41) is 4.58. The van der Waals surface area contributed by atoms with Gasteiger partial charge in [-0.15, -0.1) is 0 Å². The van der Waals surface area contributed by atoms with Gasteiger partial charge in [0, 0.05) is 17.5 Å². The van der Waals surface area contributed by atoms with Gasteiger partial charge in [-0.3, -0.25) is 4.79 Å². The summed E-state index contributed by atoms with van der Waals surface area (Å²) in [6.45, 7) is 0.220. The molecule has 9 heteroatoms. The number of nitrogens with zero attached hydrogens (tertiary/aromatic N) is 3. The van der Waals surface area contributed by atoms with Gasteiger partial charge in [0.15, 0.2) is 16.7 Å². The summed E-state index contributed by atoms with van der Waals surface area (Å²) >= 11 is 1.37. The fraction of sp³-hybridized carbons (Fsp3) is 0.294. The fourth-order valence-electron chi connectivity index (χ4n) is 2.71. The average Bonchev–Trinajstić information content (AvgIpc) is 3.21. The van der Waals surface area contributed by atoms with Gasteiger partial charge < -0.3 is 19.0 Å². The number of aromatic amines is 1. The van der Waals surface area contributed by atoms with E-state index >= 15 is 0 Å². The van der Waals surface area contributed by atoms with Gasteiger partial charge in [-0.2, -0.15) is 4.98 Å². The van der Waals surface area contributed by atoms with E-state index in [0.717, 1.165) is 24.1 Å². The third-order valence-electron chi connectivity index (χ3n) is 4.17. The van der Waals surface area contributed by atoms with Crippen molar-refractivity contribution in [3.05, 3.63) is 46.2 Å². The number of rotatable bonds is 5. The SMILES string of the molecule is O=c1cc(C2CC2)nc(SCc2nc(-c3ccc4c(c3)OCO4)no2)[nH]1. The van der Waals surface area contributed by atoms with Gasteiger partial charge >= 0.3 is 0 Å². The molecular weight excluding hydrogens is 356 g/mol. The van der Waals surface area contributed by atoms with E-state index in [9.17, 15) is 4.79 Å². The molecule has 0 unspecified atom stereocenters. The molecule has 1 fully saturated rings. The summed E-state index contributed by atoms with van der Waals surface area (Å²) in [6.07, 6.45) is 2.20. The van der Waals surface area contributed by atoms with E-state index in [-0.39, 0.29) is 12.4 Å². The molecule has 8 nitrogen and oxygen atoms in total. The number of nitrogens with one attached hydrogen (secondary N) is 1. The topological polar surface area (TPSA) is 103 Å². The lowest BCUT2D eigenvalue weighted by molar-refractivity contribution is 0.174. The van der Waals surface area contributed by atoms with Crippen LogP contribution in [0.25, 0.3) is 11.4 Å². The largest absolute Gasteiger partial charge is 0.454 e. The van der Waals surface area contributed by atoms with E-state index < -0.39 is 0 Å². The Hall–Kier alpha value is -2.81. The minimum absolute atomic E-state index is 0.129. The zero-order valence-electron chi connectivity index (χ0n) is 13.6. The van der Waals surface area contributed by atoms with Gasteiger partial charge in [-0.1, -0.05) is 16.9 Å². The van der Waals surface area contributed by atoms with Crippen molar-refractivity contribution in [3.63, 3.8) is 0 Å². The highest BCUT2D eigenvalue weighted by atomic mass is 32.2. The molecular formula is C17H14N4O4S. The third kappa shape index (κ3) is 3.05. The highest BCUT2D eigenvalue weighted by Gasteiger charge is 2.26. The predicted octanol–water partition coefficient (Wildman–Crippen LogP) is 2.72. The summed E-state index contributed by atoms with van der Waals surface area (Å²) < 4.78 is 16.0. The van der Waals surface area contributed by atoms with Crippen molar-refractivity contribution in [2.45, 2.75) is 29.7 Å². The first-order chi connectivity index (χ1) is 12.7. The number of hydrogen-bond acceptors (Lipinski definition) is 8. The van der Waals surface area contributed by atoms with Crippen molar-refractivity contribution in [3.8, 4) is 22.9 Å². The molecule has 1 aliphatic heterocycles. The molecule has 3 heterocycles. The van der Waals surface area contributed by atoms with Crippen molar-refractivity contribution in [1.29, 1.82) is 0 Å². The molecule has 1 saturated carbocycles. The second-order valence-corrected chi connectivity index (χ2v) is 7.08. The molecule has 0 saturated heterocycles. The first-order valence-corrected chi connectivity index (χ1v) is 9.20. The van der Waals surface area contributed by atoms with Gasteiger partial charge in [-0.25, -0.2) is 4.98 Å². The smallest absolute Gasteiger partial charge is 0.251 e. The molecule has 0 radical (unpaired) electrons. The lowest BCUT2D eigenvalue weighted by Gasteiger charge is -2.01. The molecule has 0 spiro atoms. The van der Waals surface area contributed by atoms with E-state index in [1.54, 1.807) is 6.07 Å². The van der Waals surface area contributed by atoms with Crippen molar-refractivity contribution in [2.75, 3.05) is 6.79 Å². The van der Waals surface area contributed by atoms with Crippen LogP contribution in [0.3, 0.4) is 0 Å². The Morgan fingerprint density at radius 2 is 2.04 bits per heavy atom. The van der Waals surface area contributed by atoms with Crippen molar-refractivity contribution < 1.29 is 14.0 Å². The Kier molecular flexibility index (Phi) is 3.66. The number of thioether (sulfide) groups is 1. The molecule has 1 aromatic carbocycles. The Bertz CT molecular complexity index is 1030. The van der Waals surface area contributed by atoms with Crippen LogP contribution in [0.2, 0.25) is 0 Å². The minimum Gasteiger partial charge on any atom is -0.454 e. The second kappa shape index (κ2) is 6.17. The van der Waals surface area contributed by atoms with Crippen LogP contribution in [-0.2, 0) is 5.75 Å². The van der Waals surface area contributed by atoms with Gasteiger partial charge in [-0.05, 0) is 31.0 Å². The molecule has 1 aliphatic carbocycles. The van der Waals surface area contributed by atoms with Crippen LogP contribution in [0, 0.1) is 0 Å². The minimum atomic E-state index is -0.129. The summed E-state index contributed by atoms with van der Waals surface area (Å²) in [7, 11) is 0. The van der Waals surface area contributed by atoms with E-state index in [1.165, 1.54) is 11.8 Å². The monoisotopic (exact) mass is 370 g/mol. The zero-order chi connectivity index (χ0) is 17.5. The highest BCUT2D eigenvalue weighted by molar-refractivity contribution is 7.98. The lowest BCUT2D eigenvalue weighted by Crippen LogP contribution is -2.09. The van der Waals surface area contributed by atoms with Crippen LogP contribution in [0.15, 0.2) is 38.7 Å². The third-order valence-corrected chi connectivity index (χ3v) is 5.02. The first-order valence-electron chi connectivity index (χ1n) is 8.21. The van der Waals surface area contributed by atoms with Gasteiger partial charge in [0.25, 0.3) is 5.56 Å². The summed E-state index contributed by atoms with van der Waals surface area (Å²) in [6, 6.07) is 7.07. The molecule has 2 aliphatic rings. The Morgan fingerprint density at radius 1 is 1.15 bits per heavy atom. The lowest BCUT2D eigenvalue weighted by atomic mass is 10.2. The van der Waals surface area contributed by atoms with Crippen LogP contribution < -0.4 is 15.0 Å². The molecule has 132 valence electrons. The van der Waals surface area contributed by atoms with Crippen molar-refractivity contribution >= 4 is 11.8 Å². The van der Waals surface area contributed by atoms with Crippen molar-refractivity contribution in [1.82, 2.24) is 20.1 Å². The molecule has 26 heavy (non-hydrogen) atoms. The van der Waals surface area contributed by atoms with Gasteiger partial charge in [0.05, 0.1) is 11.4 Å². The molecule has 0 atom stereocenters. The maximum absolute atomic E-state index is 11.8. The molecule has 0 amide bonds. The average molecular weight is 370 g/mol. The van der Waals surface area contributed by atoms with E-state index in [4.69, 9.17) is 14.0 Å². The van der Waals surface area contributed by atoms with E-state index in [2.05, 4.69) is 20.1 Å². The Labute approximate surface area is 151 Å². The first kappa shape index (κ1) is 15.4. The molecule has 0 bridgehead atoms. The number of H-pyrrole nitrogens is 1. The van der Waals surface area contributed by atoms with Crippen molar-refractivity contribution in [2.24, 2.45) is 0 Å². The van der Waals surface area contributed by atoms with Gasteiger partial charge in [0.2, 0.25) is 18.5 Å². The number of benzene rings is 1. The fourth-order valence-corrected chi connectivity index (χ4v) is 3.43. The number of fused-ring (bicyclic) bond motifs is 1. The predicted molar refractivity (Wildman–Crippen MR) is 92.3 cm³/mol. The quantitative estimate of drug-likeness (QED) is 0.540. The van der Waals surface area contributed by atoms with Crippen LogP contribution in [-0.4, -0.2) is 26.9 Å². The summed E-state index contributed by atoms with van der Waals surface area (Å²) in [5.74, 6) is 3.17. The Morgan fingerprint density at radius 3 is 2.92 bits per heavy atom. The number of hydrogen-bond donors (Lipinski definition) is 1. The summed E-state index contributed by atoms with van der Waals surface area (Å²) in [5.41, 5.74) is 1.52. The molecule has 5 rings (SSSR count).